The van der Waals surface area contributed by atoms with Crippen LogP contribution in [0.15, 0.2) is 12.2 Å². The molecule has 1 radical (unpaired) electrons. The zero-order valence-corrected chi connectivity index (χ0v) is 5.72. The normalized spacial score (nSPS) is 40.9. The summed E-state index contributed by atoms with van der Waals surface area (Å²) in [6, 6.07) is 0. The van der Waals surface area contributed by atoms with E-state index in [1.807, 2.05) is 0 Å². The summed E-state index contributed by atoms with van der Waals surface area (Å²) in [5, 5.41) is 0. The highest BCUT2D eigenvalue weighted by Gasteiger charge is 2.24. The Balaban J connectivity index is 2.08. The summed E-state index contributed by atoms with van der Waals surface area (Å²) in [5.74, 6) is 1.88. The maximum absolute atomic E-state index is 2.56. The van der Waals surface area contributed by atoms with Crippen LogP contribution in [0.2, 0.25) is 0 Å². The van der Waals surface area contributed by atoms with Crippen LogP contribution < -0.4 is 0 Å². The van der Waals surface area contributed by atoms with Crippen LogP contribution >= 0.6 is 0 Å². The van der Waals surface area contributed by atoms with Crippen molar-refractivity contribution in [2.24, 2.45) is 11.8 Å². The molecule has 0 heteroatoms. The smallest absolute Gasteiger partial charge is 0.0318 e. The first-order chi connectivity index (χ1) is 4.45. The quantitative estimate of drug-likeness (QED) is 0.432. The fourth-order valence-corrected chi connectivity index (χ4v) is 1.94. The van der Waals surface area contributed by atoms with Crippen LogP contribution in [0.3, 0.4) is 0 Å². The fraction of sp³-hybridized carbons (Fsp3) is 0.667. The second-order valence-corrected chi connectivity index (χ2v) is 3.23. The zero-order chi connectivity index (χ0) is 6.10. The Morgan fingerprint density at radius 1 is 0.889 bits per heavy atom. The Hall–Kier alpha value is -0.260. The van der Waals surface area contributed by atoms with Crippen molar-refractivity contribution < 1.29 is 0 Å². The lowest BCUT2D eigenvalue weighted by Crippen LogP contribution is -1.92. The predicted octanol–water partition coefficient (Wildman–Crippen LogP) is 2.57. The first-order valence-corrected chi connectivity index (χ1v) is 3.95. The number of allylic oxidation sites excluding steroid dienone is 2. The van der Waals surface area contributed by atoms with E-state index in [2.05, 4.69) is 18.6 Å². The van der Waals surface area contributed by atoms with E-state index in [1.165, 1.54) is 25.7 Å². The van der Waals surface area contributed by atoms with Crippen molar-refractivity contribution in [2.75, 3.05) is 0 Å². The van der Waals surface area contributed by atoms with E-state index < -0.39 is 0 Å². The van der Waals surface area contributed by atoms with Gasteiger partial charge in [0.1, 0.15) is 0 Å². The summed E-state index contributed by atoms with van der Waals surface area (Å²) in [6.45, 7) is 0. The van der Waals surface area contributed by atoms with Crippen molar-refractivity contribution in [1.29, 1.82) is 0 Å². The van der Waals surface area contributed by atoms with E-state index in [0.717, 1.165) is 11.8 Å². The number of hydrogen-bond donors (Lipinski definition) is 0. The van der Waals surface area contributed by atoms with E-state index in [1.54, 1.807) is 0 Å². The topological polar surface area (TPSA) is 0 Å². The Morgan fingerprint density at radius 3 is 2.00 bits per heavy atom. The lowest BCUT2D eigenvalue weighted by molar-refractivity contribution is 0.614. The average Bonchev–Trinajstić information content (AvgIpc) is 2.09. The van der Waals surface area contributed by atoms with Gasteiger partial charge in [0.2, 0.25) is 0 Å². The highest BCUT2D eigenvalue weighted by Crippen LogP contribution is 2.36. The van der Waals surface area contributed by atoms with Crippen LogP contribution in [0.25, 0.3) is 0 Å². The second-order valence-electron chi connectivity index (χ2n) is 3.23. The van der Waals surface area contributed by atoms with Gasteiger partial charge < -0.3 is 0 Å². The Morgan fingerprint density at radius 2 is 1.44 bits per heavy atom. The molecule has 9 heavy (non-hydrogen) atoms. The van der Waals surface area contributed by atoms with Crippen molar-refractivity contribution in [1.82, 2.24) is 0 Å². The molecule has 0 aliphatic heterocycles. The molecule has 2 atom stereocenters. The number of rotatable bonds is 0. The third-order valence-electron chi connectivity index (χ3n) is 2.50. The van der Waals surface area contributed by atoms with Gasteiger partial charge in [0, 0.05) is 0 Å². The molecule has 2 aliphatic carbocycles. The van der Waals surface area contributed by atoms with Crippen molar-refractivity contribution in [3.63, 3.8) is 0 Å². The zero-order valence-electron chi connectivity index (χ0n) is 5.72. The summed E-state index contributed by atoms with van der Waals surface area (Å²) >= 11 is 0. The van der Waals surface area contributed by atoms with Crippen LogP contribution in [0.5, 0.6) is 0 Å². The van der Waals surface area contributed by atoms with Crippen LogP contribution in [-0.4, -0.2) is 0 Å². The van der Waals surface area contributed by atoms with Crippen LogP contribution in [0, 0.1) is 18.3 Å². The molecule has 0 aromatic heterocycles. The lowest BCUT2D eigenvalue weighted by atomic mass is 10.0. The molecule has 0 heterocycles. The first-order valence-electron chi connectivity index (χ1n) is 3.95. The van der Waals surface area contributed by atoms with Gasteiger partial charge >= 0.3 is 0 Å². The Kier molecular flexibility index (Phi) is 1.33. The van der Waals surface area contributed by atoms with Crippen LogP contribution in [0.4, 0.5) is 0 Å². The molecular weight excluding hydrogens is 108 g/mol. The highest BCUT2D eigenvalue weighted by molar-refractivity contribution is 5.02. The Labute approximate surface area is 57.0 Å². The van der Waals surface area contributed by atoms with Crippen molar-refractivity contribution >= 4 is 0 Å². The minimum atomic E-state index is 0.939. The van der Waals surface area contributed by atoms with Gasteiger partial charge in [0.25, 0.3) is 0 Å². The monoisotopic (exact) mass is 121 g/mol. The molecule has 1 fully saturated rings. The van der Waals surface area contributed by atoms with Gasteiger partial charge in [0.15, 0.2) is 0 Å². The van der Waals surface area contributed by atoms with Gasteiger partial charge in [-0.05, 0) is 43.9 Å². The molecule has 0 aromatic carbocycles. The second kappa shape index (κ2) is 2.17. The van der Waals surface area contributed by atoms with Crippen molar-refractivity contribution in [3.05, 3.63) is 18.6 Å². The summed E-state index contributed by atoms with van der Waals surface area (Å²) < 4.78 is 0. The third-order valence-corrected chi connectivity index (χ3v) is 2.50. The first kappa shape index (κ1) is 5.52. The SMILES string of the molecule is [CH]1C2CC=CCC1CC2. The molecule has 2 bridgehead atoms. The number of hydrogen-bond acceptors (Lipinski definition) is 0. The Bertz CT molecular complexity index is 110. The molecule has 49 valence electrons. The third kappa shape index (κ3) is 1.03. The van der Waals surface area contributed by atoms with Crippen LogP contribution in [-0.2, 0) is 0 Å². The van der Waals surface area contributed by atoms with E-state index in [0.29, 0.717) is 0 Å². The maximum atomic E-state index is 2.56. The summed E-state index contributed by atoms with van der Waals surface area (Å²) in [6.07, 6.45) is 12.8. The minimum Gasteiger partial charge on any atom is -0.0882 e. The molecule has 0 nitrogen and oxygen atoms in total. The summed E-state index contributed by atoms with van der Waals surface area (Å²) in [7, 11) is 0. The molecule has 0 N–H and O–H groups in total. The fourth-order valence-electron chi connectivity index (χ4n) is 1.94. The largest absolute Gasteiger partial charge is 0.0882 e. The standard InChI is InChI=1S/C9H13/c1-2-4-9-6-5-8(3-1)7-9/h1-2,7-9H,3-6H2. The molecule has 0 saturated heterocycles. The van der Waals surface area contributed by atoms with Gasteiger partial charge in [-0.15, -0.1) is 0 Å². The summed E-state index contributed by atoms with van der Waals surface area (Å²) in [4.78, 5) is 0. The van der Waals surface area contributed by atoms with E-state index in [4.69, 9.17) is 0 Å². The molecule has 2 aliphatic rings. The van der Waals surface area contributed by atoms with Crippen LogP contribution in [0.1, 0.15) is 25.7 Å². The molecule has 2 unspecified atom stereocenters. The highest BCUT2D eigenvalue weighted by atomic mass is 14.3. The lowest BCUT2D eigenvalue weighted by Gasteiger charge is -2.01. The van der Waals surface area contributed by atoms with Gasteiger partial charge in [-0.1, -0.05) is 12.2 Å². The van der Waals surface area contributed by atoms with Gasteiger partial charge in [0.05, 0.1) is 0 Å². The van der Waals surface area contributed by atoms with Gasteiger partial charge in [-0.3, -0.25) is 0 Å². The minimum absolute atomic E-state index is 0.939. The molecule has 0 spiro atoms. The molecular formula is C9H13. The number of fused-ring (bicyclic) bond motifs is 2. The van der Waals surface area contributed by atoms with Crippen molar-refractivity contribution in [2.45, 2.75) is 25.7 Å². The molecule has 0 amide bonds. The average molecular weight is 121 g/mol. The van der Waals surface area contributed by atoms with E-state index >= 15 is 0 Å². The maximum Gasteiger partial charge on any atom is -0.0318 e. The predicted molar refractivity (Wildman–Crippen MR) is 38.9 cm³/mol. The molecule has 2 rings (SSSR count). The van der Waals surface area contributed by atoms with Crippen molar-refractivity contribution in [3.8, 4) is 0 Å². The summed E-state index contributed by atoms with van der Waals surface area (Å²) in [5.41, 5.74) is 0. The van der Waals surface area contributed by atoms with Gasteiger partial charge in [-0.2, -0.15) is 0 Å². The molecule has 1 saturated carbocycles. The van der Waals surface area contributed by atoms with Gasteiger partial charge in [-0.25, -0.2) is 0 Å². The van der Waals surface area contributed by atoms with E-state index in [-0.39, 0.29) is 0 Å². The van der Waals surface area contributed by atoms with E-state index in [9.17, 15) is 0 Å². The molecule has 0 aromatic rings.